The summed E-state index contributed by atoms with van der Waals surface area (Å²) in [5.41, 5.74) is 8.11. The predicted octanol–water partition coefficient (Wildman–Crippen LogP) is 4.32. The summed E-state index contributed by atoms with van der Waals surface area (Å²) in [6.07, 6.45) is 3.23. The summed E-state index contributed by atoms with van der Waals surface area (Å²) in [4.78, 5) is 12.1. The highest BCUT2D eigenvalue weighted by molar-refractivity contribution is 5.80. The molecule has 1 unspecified atom stereocenters. The SMILES string of the molecule is CC(C)c1ccc(CC(=O)CCC(CCN)C(C)C)cc1. The Balaban J connectivity index is 2.46. The minimum Gasteiger partial charge on any atom is -0.330 e. The van der Waals surface area contributed by atoms with E-state index in [9.17, 15) is 4.79 Å². The number of carbonyl (C=O) groups is 1. The molecule has 0 bridgehead atoms. The van der Waals surface area contributed by atoms with Gasteiger partial charge in [-0.1, -0.05) is 52.0 Å². The molecule has 2 heteroatoms. The third-order valence-corrected chi connectivity index (χ3v) is 4.32. The molecule has 0 aliphatic carbocycles. The van der Waals surface area contributed by atoms with E-state index in [1.54, 1.807) is 0 Å². The number of benzene rings is 1. The topological polar surface area (TPSA) is 43.1 Å². The maximum atomic E-state index is 12.1. The molecule has 0 aliphatic heterocycles. The van der Waals surface area contributed by atoms with E-state index >= 15 is 0 Å². The highest BCUT2D eigenvalue weighted by atomic mass is 16.1. The Bertz CT molecular complexity index is 420. The molecule has 1 rings (SSSR count). The van der Waals surface area contributed by atoms with Crippen molar-refractivity contribution < 1.29 is 4.79 Å². The molecule has 0 saturated carbocycles. The normalized spacial score (nSPS) is 12.9. The lowest BCUT2D eigenvalue weighted by atomic mass is 9.87. The van der Waals surface area contributed by atoms with E-state index in [1.165, 1.54) is 5.56 Å². The molecule has 0 amide bonds. The quantitative estimate of drug-likeness (QED) is 0.735. The number of hydrogen-bond acceptors (Lipinski definition) is 2. The van der Waals surface area contributed by atoms with Gasteiger partial charge in [0.15, 0.2) is 0 Å². The average Bonchev–Trinajstić information content (AvgIpc) is 2.43. The number of carbonyl (C=O) groups excluding carboxylic acids is 1. The molecule has 0 saturated heterocycles. The van der Waals surface area contributed by atoms with E-state index in [4.69, 9.17) is 5.73 Å². The zero-order valence-corrected chi connectivity index (χ0v) is 14.1. The number of Topliss-reactive ketones (excluding diaryl/α,β-unsaturated/α-hetero) is 1. The number of nitrogens with two attached hydrogens (primary N) is 1. The van der Waals surface area contributed by atoms with Crippen molar-refractivity contribution >= 4 is 5.78 Å². The van der Waals surface area contributed by atoms with Gasteiger partial charge in [0.1, 0.15) is 5.78 Å². The van der Waals surface area contributed by atoms with E-state index in [1.807, 2.05) is 0 Å². The molecule has 0 radical (unpaired) electrons. The van der Waals surface area contributed by atoms with Gasteiger partial charge < -0.3 is 5.73 Å². The van der Waals surface area contributed by atoms with Gasteiger partial charge in [-0.15, -0.1) is 0 Å². The van der Waals surface area contributed by atoms with Gasteiger partial charge in [-0.25, -0.2) is 0 Å². The first-order valence-corrected chi connectivity index (χ1v) is 8.24. The van der Waals surface area contributed by atoms with Crippen LogP contribution in [0.2, 0.25) is 0 Å². The van der Waals surface area contributed by atoms with Crippen LogP contribution >= 0.6 is 0 Å². The Hall–Kier alpha value is -1.15. The molecule has 1 atom stereocenters. The smallest absolute Gasteiger partial charge is 0.137 e. The summed E-state index contributed by atoms with van der Waals surface area (Å²) in [6.45, 7) is 9.52. The van der Waals surface area contributed by atoms with E-state index in [0.29, 0.717) is 42.9 Å². The van der Waals surface area contributed by atoms with Crippen molar-refractivity contribution in [1.82, 2.24) is 0 Å². The second-order valence-electron chi connectivity index (χ2n) is 6.73. The summed E-state index contributed by atoms with van der Waals surface area (Å²) >= 11 is 0. The van der Waals surface area contributed by atoms with Gasteiger partial charge in [0.05, 0.1) is 0 Å². The molecule has 0 heterocycles. The molecule has 0 aromatic heterocycles. The van der Waals surface area contributed by atoms with E-state index in [0.717, 1.165) is 18.4 Å². The van der Waals surface area contributed by atoms with Crippen molar-refractivity contribution in [1.29, 1.82) is 0 Å². The summed E-state index contributed by atoms with van der Waals surface area (Å²) in [5, 5.41) is 0. The Morgan fingerprint density at radius 3 is 2.14 bits per heavy atom. The monoisotopic (exact) mass is 289 g/mol. The Kier molecular flexibility index (Phi) is 7.66. The molecule has 0 fully saturated rings. The lowest BCUT2D eigenvalue weighted by molar-refractivity contribution is -0.118. The highest BCUT2D eigenvalue weighted by Crippen LogP contribution is 2.21. The van der Waals surface area contributed by atoms with Gasteiger partial charge in [-0.3, -0.25) is 4.79 Å². The van der Waals surface area contributed by atoms with Crippen LogP contribution in [-0.4, -0.2) is 12.3 Å². The predicted molar refractivity (Wildman–Crippen MR) is 90.5 cm³/mol. The van der Waals surface area contributed by atoms with Crippen molar-refractivity contribution in [3.05, 3.63) is 35.4 Å². The molecule has 2 N–H and O–H groups in total. The van der Waals surface area contributed by atoms with Crippen LogP contribution in [0.3, 0.4) is 0 Å². The molecule has 118 valence electrons. The van der Waals surface area contributed by atoms with Gasteiger partial charge >= 0.3 is 0 Å². The summed E-state index contributed by atoms with van der Waals surface area (Å²) < 4.78 is 0. The maximum absolute atomic E-state index is 12.1. The van der Waals surface area contributed by atoms with Crippen molar-refractivity contribution in [2.45, 2.75) is 59.3 Å². The number of ketones is 1. The molecule has 0 spiro atoms. The third kappa shape index (κ3) is 6.43. The summed E-state index contributed by atoms with van der Waals surface area (Å²) in [6, 6.07) is 8.46. The Morgan fingerprint density at radius 1 is 1.05 bits per heavy atom. The minimum absolute atomic E-state index is 0.343. The van der Waals surface area contributed by atoms with Crippen LogP contribution in [0.25, 0.3) is 0 Å². The second-order valence-corrected chi connectivity index (χ2v) is 6.73. The Labute approximate surface area is 130 Å². The zero-order chi connectivity index (χ0) is 15.8. The van der Waals surface area contributed by atoms with Crippen LogP contribution in [0.4, 0.5) is 0 Å². The summed E-state index contributed by atoms with van der Waals surface area (Å²) in [5.74, 6) is 2.06. The fourth-order valence-electron chi connectivity index (χ4n) is 2.71. The Morgan fingerprint density at radius 2 is 1.67 bits per heavy atom. The highest BCUT2D eigenvalue weighted by Gasteiger charge is 2.14. The van der Waals surface area contributed by atoms with Gasteiger partial charge in [0, 0.05) is 12.8 Å². The average molecular weight is 289 g/mol. The van der Waals surface area contributed by atoms with Crippen LogP contribution in [0.15, 0.2) is 24.3 Å². The van der Waals surface area contributed by atoms with E-state index in [-0.39, 0.29) is 0 Å². The van der Waals surface area contributed by atoms with Crippen molar-refractivity contribution in [3.8, 4) is 0 Å². The van der Waals surface area contributed by atoms with Crippen molar-refractivity contribution in [2.75, 3.05) is 6.54 Å². The van der Waals surface area contributed by atoms with Crippen LogP contribution in [-0.2, 0) is 11.2 Å². The fourth-order valence-corrected chi connectivity index (χ4v) is 2.71. The van der Waals surface area contributed by atoms with Crippen LogP contribution in [0.5, 0.6) is 0 Å². The van der Waals surface area contributed by atoms with Gasteiger partial charge in [0.2, 0.25) is 0 Å². The first-order chi connectivity index (χ1) is 9.93. The molecular weight excluding hydrogens is 258 g/mol. The number of hydrogen-bond donors (Lipinski definition) is 1. The molecule has 1 aromatic carbocycles. The first kappa shape index (κ1) is 17.9. The first-order valence-electron chi connectivity index (χ1n) is 8.24. The lowest BCUT2D eigenvalue weighted by Gasteiger charge is -2.19. The maximum Gasteiger partial charge on any atom is 0.137 e. The van der Waals surface area contributed by atoms with Gasteiger partial charge in [0.25, 0.3) is 0 Å². The van der Waals surface area contributed by atoms with Crippen LogP contribution in [0.1, 0.15) is 64.0 Å². The molecule has 0 aliphatic rings. The van der Waals surface area contributed by atoms with Gasteiger partial charge in [-0.2, -0.15) is 0 Å². The molecule has 1 aromatic rings. The zero-order valence-electron chi connectivity index (χ0n) is 14.1. The van der Waals surface area contributed by atoms with E-state index < -0.39 is 0 Å². The van der Waals surface area contributed by atoms with E-state index in [2.05, 4.69) is 52.0 Å². The largest absolute Gasteiger partial charge is 0.330 e. The number of rotatable bonds is 9. The van der Waals surface area contributed by atoms with Crippen LogP contribution in [0, 0.1) is 11.8 Å². The molecule has 2 nitrogen and oxygen atoms in total. The fraction of sp³-hybridized carbons (Fsp3) is 0.632. The van der Waals surface area contributed by atoms with Gasteiger partial charge in [-0.05, 0) is 48.3 Å². The molecule has 21 heavy (non-hydrogen) atoms. The van der Waals surface area contributed by atoms with Crippen molar-refractivity contribution in [3.63, 3.8) is 0 Å². The minimum atomic E-state index is 0.343. The van der Waals surface area contributed by atoms with Crippen molar-refractivity contribution in [2.24, 2.45) is 17.6 Å². The second kappa shape index (κ2) is 8.99. The summed E-state index contributed by atoms with van der Waals surface area (Å²) in [7, 11) is 0. The molecular formula is C19H31NO. The standard InChI is InChI=1S/C19H31NO/c1-14(2)17-7-5-16(6-8-17)13-19(21)10-9-18(11-12-20)15(3)4/h5-8,14-15,18H,9-13,20H2,1-4H3. The van der Waals surface area contributed by atoms with Crippen LogP contribution < -0.4 is 5.73 Å². The third-order valence-electron chi connectivity index (χ3n) is 4.32. The lowest BCUT2D eigenvalue weighted by Crippen LogP contribution is -2.16.